The average Bonchev–Trinajstić information content (AvgIpc) is 2.80. The monoisotopic (exact) mass is 458 g/mol. The number of aryl methyl sites for hydroxylation is 1. The predicted octanol–water partition coefficient (Wildman–Crippen LogP) is 2.58. The molecule has 0 saturated carbocycles. The van der Waals surface area contributed by atoms with E-state index in [9.17, 15) is 12.8 Å². The molecule has 1 aliphatic heterocycles. The molecule has 32 heavy (non-hydrogen) atoms. The zero-order chi connectivity index (χ0) is 22.7. The highest BCUT2D eigenvalue weighted by atomic mass is 32.2. The first-order valence-corrected chi connectivity index (χ1v) is 11.4. The molecule has 0 bridgehead atoms. The van der Waals surface area contributed by atoms with Crippen LogP contribution >= 0.6 is 0 Å². The van der Waals surface area contributed by atoms with Crippen LogP contribution in [0.15, 0.2) is 53.4 Å². The Morgan fingerprint density at radius 3 is 2.44 bits per heavy atom. The van der Waals surface area contributed by atoms with Crippen molar-refractivity contribution in [2.45, 2.75) is 11.8 Å². The van der Waals surface area contributed by atoms with E-state index in [1.165, 1.54) is 23.5 Å². The molecule has 1 aliphatic rings. The largest absolute Gasteiger partial charge is 0.495 e. The van der Waals surface area contributed by atoms with E-state index in [-0.39, 0.29) is 23.7 Å². The number of nitrogens with zero attached hydrogens (tertiary/aromatic N) is 5. The second-order valence-corrected chi connectivity index (χ2v) is 9.16. The molecule has 1 aromatic carbocycles. The predicted molar refractivity (Wildman–Crippen MR) is 118 cm³/mol. The van der Waals surface area contributed by atoms with Gasteiger partial charge in [-0.2, -0.15) is 4.31 Å². The van der Waals surface area contributed by atoms with Crippen LogP contribution in [0.25, 0.3) is 0 Å². The number of nitrogens with one attached hydrogen (secondary N) is 1. The van der Waals surface area contributed by atoms with Crippen LogP contribution in [0.5, 0.6) is 5.75 Å². The Hall–Kier alpha value is -3.31. The van der Waals surface area contributed by atoms with Gasteiger partial charge in [0.1, 0.15) is 22.3 Å². The maximum absolute atomic E-state index is 13.7. The van der Waals surface area contributed by atoms with Crippen molar-refractivity contribution in [2.75, 3.05) is 43.5 Å². The summed E-state index contributed by atoms with van der Waals surface area (Å²) in [6, 6.07) is 12.7. The summed E-state index contributed by atoms with van der Waals surface area (Å²) in [4.78, 5) is 6.15. The molecule has 0 unspecified atom stereocenters. The molecule has 0 spiro atoms. The van der Waals surface area contributed by atoms with E-state index in [1.54, 1.807) is 6.07 Å². The van der Waals surface area contributed by atoms with Crippen molar-refractivity contribution in [1.82, 2.24) is 19.5 Å². The molecular formula is C21H23FN6O3S. The van der Waals surface area contributed by atoms with Crippen LogP contribution in [0.4, 0.5) is 21.8 Å². The molecule has 11 heteroatoms. The van der Waals surface area contributed by atoms with Gasteiger partial charge in [-0.3, -0.25) is 0 Å². The summed E-state index contributed by atoms with van der Waals surface area (Å²) < 4.78 is 46.2. The van der Waals surface area contributed by atoms with Gasteiger partial charge in [0.05, 0.1) is 7.11 Å². The summed E-state index contributed by atoms with van der Waals surface area (Å²) in [7, 11) is -2.53. The van der Waals surface area contributed by atoms with Crippen molar-refractivity contribution >= 4 is 27.5 Å². The summed E-state index contributed by atoms with van der Waals surface area (Å²) in [5.74, 6) is 1.37. The molecule has 0 aliphatic carbocycles. The van der Waals surface area contributed by atoms with Gasteiger partial charge in [-0.05, 0) is 49.4 Å². The van der Waals surface area contributed by atoms with Crippen LogP contribution in [0.1, 0.15) is 5.69 Å². The Morgan fingerprint density at radius 1 is 1.00 bits per heavy atom. The van der Waals surface area contributed by atoms with Crippen molar-refractivity contribution in [2.24, 2.45) is 0 Å². The number of anilines is 3. The van der Waals surface area contributed by atoms with E-state index >= 15 is 0 Å². The van der Waals surface area contributed by atoms with E-state index in [1.807, 2.05) is 36.1 Å². The van der Waals surface area contributed by atoms with Crippen molar-refractivity contribution in [3.8, 4) is 5.75 Å². The minimum Gasteiger partial charge on any atom is -0.495 e. The van der Waals surface area contributed by atoms with Crippen LogP contribution in [0.2, 0.25) is 0 Å². The van der Waals surface area contributed by atoms with Crippen molar-refractivity contribution in [3.63, 3.8) is 0 Å². The number of aromatic nitrogens is 3. The highest BCUT2D eigenvalue weighted by Crippen LogP contribution is 2.28. The minimum absolute atomic E-state index is 0.117. The summed E-state index contributed by atoms with van der Waals surface area (Å²) in [5.41, 5.74) is 0.892. The lowest BCUT2D eigenvalue weighted by molar-refractivity contribution is 0.372. The standard InChI is InChI=1S/C21H23FN6O3S/c1-15-4-3-5-19(23-15)24-20-8-9-21(26-25-20)27-10-12-28(13-11-27)32(29,30)18-14-16(22)6-7-17(18)31-2/h3-9,14H,10-13H2,1-2H3,(H,23,24,25). The molecule has 168 valence electrons. The number of pyridine rings is 1. The zero-order valence-corrected chi connectivity index (χ0v) is 18.5. The molecule has 2 aromatic heterocycles. The minimum atomic E-state index is -3.89. The fourth-order valence-corrected chi connectivity index (χ4v) is 5.04. The summed E-state index contributed by atoms with van der Waals surface area (Å²) in [6.07, 6.45) is 0. The first kappa shape index (κ1) is 21.9. The SMILES string of the molecule is COc1ccc(F)cc1S(=O)(=O)N1CCN(c2ccc(Nc3cccc(C)n3)nn2)CC1. The molecule has 0 radical (unpaired) electrons. The van der Waals surface area contributed by atoms with Crippen molar-refractivity contribution < 1.29 is 17.5 Å². The Bertz CT molecular complexity index is 1200. The maximum atomic E-state index is 13.7. The molecular weight excluding hydrogens is 435 g/mol. The first-order valence-electron chi connectivity index (χ1n) is 10.00. The topological polar surface area (TPSA) is 101 Å². The summed E-state index contributed by atoms with van der Waals surface area (Å²) >= 11 is 0. The third-order valence-corrected chi connectivity index (χ3v) is 7.02. The van der Waals surface area contributed by atoms with Crippen LogP contribution < -0.4 is 15.0 Å². The molecule has 1 fully saturated rings. The normalized spacial score (nSPS) is 14.9. The van der Waals surface area contributed by atoms with E-state index < -0.39 is 15.8 Å². The van der Waals surface area contributed by atoms with Crippen LogP contribution in [0.3, 0.4) is 0 Å². The van der Waals surface area contributed by atoms with Gasteiger partial charge in [0, 0.05) is 31.9 Å². The molecule has 1 saturated heterocycles. The van der Waals surface area contributed by atoms with E-state index in [0.717, 1.165) is 11.8 Å². The van der Waals surface area contributed by atoms with Gasteiger partial charge < -0.3 is 15.0 Å². The van der Waals surface area contributed by atoms with Gasteiger partial charge in [0.25, 0.3) is 0 Å². The highest BCUT2D eigenvalue weighted by Gasteiger charge is 2.31. The van der Waals surface area contributed by atoms with Crippen LogP contribution in [-0.2, 0) is 10.0 Å². The zero-order valence-electron chi connectivity index (χ0n) is 17.7. The number of hydrogen-bond acceptors (Lipinski definition) is 8. The van der Waals surface area contributed by atoms with Crippen LogP contribution in [-0.4, -0.2) is 61.2 Å². The molecule has 3 heterocycles. The number of ether oxygens (including phenoxy) is 1. The van der Waals surface area contributed by atoms with Gasteiger partial charge in [-0.25, -0.2) is 17.8 Å². The quantitative estimate of drug-likeness (QED) is 0.602. The maximum Gasteiger partial charge on any atom is 0.246 e. The molecule has 0 amide bonds. The number of sulfonamides is 1. The summed E-state index contributed by atoms with van der Waals surface area (Å²) in [5, 5.41) is 11.5. The fraction of sp³-hybridized carbons (Fsp3) is 0.286. The Labute approximate surface area is 185 Å². The Balaban J connectivity index is 1.42. The lowest BCUT2D eigenvalue weighted by Crippen LogP contribution is -2.49. The number of methoxy groups -OCH3 is 1. The first-order chi connectivity index (χ1) is 15.4. The number of rotatable bonds is 6. The average molecular weight is 459 g/mol. The number of halogens is 1. The van der Waals surface area contributed by atoms with E-state index in [2.05, 4.69) is 20.5 Å². The number of piperazine rings is 1. The second-order valence-electron chi connectivity index (χ2n) is 7.25. The lowest BCUT2D eigenvalue weighted by Gasteiger charge is -2.34. The van der Waals surface area contributed by atoms with Gasteiger partial charge in [0.15, 0.2) is 11.6 Å². The van der Waals surface area contributed by atoms with Gasteiger partial charge in [-0.15, -0.1) is 10.2 Å². The Morgan fingerprint density at radius 2 is 1.78 bits per heavy atom. The van der Waals surface area contributed by atoms with E-state index in [4.69, 9.17) is 4.74 Å². The molecule has 1 N–H and O–H groups in total. The van der Waals surface area contributed by atoms with Gasteiger partial charge in [0.2, 0.25) is 10.0 Å². The van der Waals surface area contributed by atoms with Crippen molar-refractivity contribution in [1.29, 1.82) is 0 Å². The highest BCUT2D eigenvalue weighted by molar-refractivity contribution is 7.89. The number of benzene rings is 1. The van der Waals surface area contributed by atoms with Crippen molar-refractivity contribution in [3.05, 3.63) is 60.0 Å². The third kappa shape index (κ3) is 4.63. The van der Waals surface area contributed by atoms with E-state index in [0.29, 0.717) is 30.5 Å². The molecule has 9 nitrogen and oxygen atoms in total. The lowest BCUT2D eigenvalue weighted by atomic mass is 10.3. The molecule has 3 aromatic rings. The molecule has 4 rings (SSSR count). The van der Waals surface area contributed by atoms with Crippen LogP contribution in [0, 0.1) is 12.7 Å². The fourth-order valence-electron chi connectivity index (χ4n) is 3.45. The molecule has 0 atom stereocenters. The second kappa shape index (κ2) is 9.05. The smallest absolute Gasteiger partial charge is 0.246 e. The number of hydrogen-bond donors (Lipinski definition) is 1. The summed E-state index contributed by atoms with van der Waals surface area (Å²) in [6.45, 7) is 3.23. The Kier molecular flexibility index (Phi) is 6.19. The van der Waals surface area contributed by atoms with Gasteiger partial charge >= 0.3 is 0 Å². The third-order valence-electron chi connectivity index (χ3n) is 5.10. The van der Waals surface area contributed by atoms with Gasteiger partial charge in [-0.1, -0.05) is 6.07 Å².